The van der Waals surface area contributed by atoms with Crippen molar-refractivity contribution in [2.24, 2.45) is 0 Å². The molecule has 1 amide bonds. The molecular weight excluding hydrogens is 332 g/mol. The van der Waals surface area contributed by atoms with E-state index in [1.807, 2.05) is 17.5 Å². The number of sulfonamides is 1. The topological polar surface area (TPSA) is 66.5 Å². The van der Waals surface area contributed by atoms with Crippen molar-refractivity contribution in [2.45, 2.75) is 25.3 Å². The van der Waals surface area contributed by atoms with Crippen LogP contribution in [0.4, 0.5) is 11.4 Å². The third kappa shape index (κ3) is 4.11. The molecule has 0 spiro atoms. The molecule has 1 aromatic carbocycles. The van der Waals surface area contributed by atoms with Crippen LogP contribution in [-0.4, -0.2) is 26.6 Å². The fourth-order valence-electron chi connectivity index (χ4n) is 2.45. The number of nitrogens with one attached hydrogen (secondary N) is 1. The van der Waals surface area contributed by atoms with Crippen LogP contribution in [0.2, 0.25) is 0 Å². The molecule has 5 nitrogen and oxygen atoms in total. The number of benzene rings is 1. The summed E-state index contributed by atoms with van der Waals surface area (Å²) in [5, 5.41) is 4.77. The van der Waals surface area contributed by atoms with E-state index in [9.17, 15) is 13.2 Å². The summed E-state index contributed by atoms with van der Waals surface area (Å²) in [5.74, 6) is -0.0811. The number of carbonyl (C=O) groups excluding carboxylic acids is 1. The first-order chi connectivity index (χ1) is 10.9. The Kier molecular flexibility index (Phi) is 4.41. The van der Waals surface area contributed by atoms with Crippen molar-refractivity contribution >= 4 is 38.6 Å². The van der Waals surface area contributed by atoms with E-state index in [2.05, 4.69) is 5.32 Å². The van der Waals surface area contributed by atoms with E-state index in [0.717, 1.165) is 17.7 Å². The van der Waals surface area contributed by atoms with Crippen LogP contribution in [0.15, 0.2) is 41.8 Å². The quantitative estimate of drug-likeness (QED) is 0.871. The third-order valence-electron chi connectivity index (χ3n) is 3.56. The predicted octanol–water partition coefficient (Wildman–Crippen LogP) is 2.86. The minimum Gasteiger partial charge on any atom is -0.326 e. The number of hydrogen-bond acceptors (Lipinski definition) is 4. The lowest BCUT2D eigenvalue weighted by atomic mass is 10.2. The van der Waals surface area contributed by atoms with E-state index >= 15 is 0 Å². The molecule has 1 heterocycles. The molecule has 122 valence electrons. The molecule has 3 rings (SSSR count). The van der Waals surface area contributed by atoms with Gasteiger partial charge in [0.15, 0.2) is 0 Å². The number of anilines is 2. The standard InChI is InChI=1S/C16H18N2O3S2/c1-23(20,21)18(14-8-9-14)13-6-4-12(5-7-13)17-16(19)11-15-3-2-10-22-15/h2-7,10,14H,8-9,11H2,1H3,(H,17,19). The van der Waals surface area contributed by atoms with Gasteiger partial charge in [0.1, 0.15) is 0 Å². The van der Waals surface area contributed by atoms with E-state index in [0.29, 0.717) is 17.8 Å². The number of amides is 1. The smallest absolute Gasteiger partial charge is 0.232 e. The van der Waals surface area contributed by atoms with Crippen molar-refractivity contribution in [1.82, 2.24) is 0 Å². The van der Waals surface area contributed by atoms with Crippen molar-refractivity contribution in [1.29, 1.82) is 0 Å². The van der Waals surface area contributed by atoms with Crippen molar-refractivity contribution in [3.63, 3.8) is 0 Å². The molecule has 0 unspecified atom stereocenters. The second kappa shape index (κ2) is 6.33. The maximum absolute atomic E-state index is 12.0. The molecule has 1 aliphatic rings. The monoisotopic (exact) mass is 350 g/mol. The molecule has 1 aliphatic carbocycles. The zero-order chi connectivity index (χ0) is 16.4. The zero-order valence-corrected chi connectivity index (χ0v) is 14.4. The number of rotatable bonds is 6. The van der Waals surface area contributed by atoms with Crippen LogP contribution in [-0.2, 0) is 21.2 Å². The first kappa shape index (κ1) is 16.0. The summed E-state index contributed by atoms with van der Waals surface area (Å²) in [7, 11) is -3.28. The molecule has 1 fully saturated rings. The lowest BCUT2D eigenvalue weighted by Gasteiger charge is -2.22. The van der Waals surface area contributed by atoms with Gasteiger partial charge in [0.2, 0.25) is 15.9 Å². The highest BCUT2D eigenvalue weighted by Crippen LogP contribution is 2.34. The van der Waals surface area contributed by atoms with Crippen molar-refractivity contribution in [3.8, 4) is 0 Å². The molecule has 1 aromatic heterocycles. The Bertz CT molecular complexity index is 779. The number of hydrogen-bond donors (Lipinski definition) is 1. The van der Waals surface area contributed by atoms with Crippen LogP contribution >= 0.6 is 11.3 Å². The third-order valence-corrected chi connectivity index (χ3v) is 5.66. The molecule has 1 saturated carbocycles. The molecule has 0 saturated heterocycles. The van der Waals surface area contributed by atoms with Crippen molar-refractivity contribution < 1.29 is 13.2 Å². The lowest BCUT2D eigenvalue weighted by Crippen LogP contribution is -2.31. The van der Waals surface area contributed by atoms with Gasteiger partial charge >= 0.3 is 0 Å². The van der Waals surface area contributed by atoms with Crippen LogP contribution in [0.1, 0.15) is 17.7 Å². The highest BCUT2D eigenvalue weighted by molar-refractivity contribution is 7.92. The van der Waals surface area contributed by atoms with Gasteiger partial charge < -0.3 is 5.32 Å². The van der Waals surface area contributed by atoms with Gasteiger partial charge in [-0.2, -0.15) is 0 Å². The summed E-state index contributed by atoms with van der Waals surface area (Å²) < 4.78 is 25.3. The van der Waals surface area contributed by atoms with Crippen LogP contribution in [0.5, 0.6) is 0 Å². The first-order valence-electron chi connectivity index (χ1n) is 7.35. The van der Waals surface area contributed by atoms with Gasteiger partial charge in [0, 0.05) is 16.6 Å². The molecule has 0 aliphatic heterocycles. The highest BCUT2D eigenvalue weighted by atomic mass is 32.2. The summed E-state index contributed by atoms with van der Waals surface area (Å²) in [6.07, 6.45) is 3.36. The van der Waals surface area contributed by atoms with E-state index in [1.165, 1.54) is 10.6 Å². The van der Waals surface area contributed by atoms with E-state index in [1.54, 1.807) is 35.6 Å². The normalized spacial score (nSPS) is 14.5. The maximum Gasteiger partial charge on any atom is 0.232 e. The maximum atomic E-state index is 12.0. The molecule has 1 N–H and O–H groups in total. The van der Waals surface area contributed by atoms with Gasteiger partial charge in [-0.25, -0.2) is 8.42 Å². The van der Waals surface area contributed by atoms with E-state index in [-0.39, 0.29) is 11.9 Å². The summed E-state index contributed by atoms with van der Waals surface area (Å²) in [6, 6.07) is 10.9. The average Bonchev–Trinajstić information content (AvgIpc) is 3.15. The van der Waals surface area contributed by atoms with Crippen molar-refractivity contribution in [2.75, 3.05) is 15.9 Å². The fraction of sp³-hybridized carbons (Fsp3) is 0.312. The molecule has 0 atom stereocenters. The molecular formula is C16H18N2O3S2. The lowest BCUT2D eigenvalue weighted by molar-refractivity contribution is -0.115. The van der Waals surface area contributed by atoms with E-state index in [4.69, 9.17) is 0 Å². The predicted molar refractivity (Wildman–Crippen MR) is 93.4 cm³/mol. The summed E-state index contributed by atoms with van der Waals surface area (Å²) in [6.45, 7) is 0. The van der Waals surface area contributed by atoms with Crippen LogP contribution in [0.3, 0.4) is 0 Å². The van der Waals surface area contributed by atoms with Gasteiger partial charge in [-0.1, -0.05) is 6.07 Å². The second-order valence-corrected chi connectivity index (χ2v) is 8.53. The number of nitrogens with zero attached hydrogens (tertiary/aromatic N) is 1. The van der Waals surface area contributed by atoms with Gasteiger partial charge in [0.05, 0.1) is 18.4 Å². The van der Waals surface area contributed by atoms with Gasteiger partial charge in [-0.15, -0.1) is 11.3 Å². The molecule has 7 heteroatoms. The Balaban J connectivity index is 1.68. The van der Waals surface area contributed by atoms with Gasteiger partial charge in [-0.3, -0.25) is 9.10 Å². The highest BCUT2D eigenvalue weighted by Gasteiger charge is 2.35. The average molecular weight is 350 g/mol. The molecule has 23 heavy (non-hydrogen) atoms. The minimum absolute atomic E-state index is 0.0734. The molecule has 0 radical (unpaired) electrons. The summed E-state index contributed by atoms with van der Waals surface area (Å²) in [5.41, 5.74) is 1.31. The Morgan fingerprint density at radius 1 is 1.26 bits per heavy atom. The largest absolute Gasteiger partial charge is 0.326 e. The Morgan fingerprint density at radius 2 is 1.96 bits per heavy atom. The number of thiophene rings is 1. The van der Waals surface area contributed by atoms with Gasteiger partial charge in [0.25, 0.3) is 0 Å². The summed E-state index contributed by atoms with van der Waals surface area (Å²) in [4.78, 5) is 13.0. The SMILES string of the molecule is CS(=O)(=O)N(c1ccc(NC(=O)Cc2cccs2)cc1)C1CC1. The first-order valence-corrected chi connectivity index (χ1v) is 10.1. The zero-order valence-electron chi connectivity index (χ0n) is 12.7. The number of carbonyl (C=O) groups is 1. The molecule has 2 aromatic rings. The van der Waals surface area contributed by atoms with E-state index < -0.39 is 10.0 Å². The van der Waals surface area contributed by atoms with Crippen LogP contribution in [0.25, 0.3) is 0 Å². The minimum atomic E-state index is -3.28. The Hall–Kier alpha value is -1.86. The fourth-order valence-corrected chi connectivity index (χ4v) is 4.41. The Labute approximate surface area is 140 Å². The Morgan fingerprint density at radius 3 is 2.48 bits per heavy atom. The molecule has 0 bridgehead atoms. The van der Waals surface area contributed by atoms with Gasteiger partial charge in [-0.05, 0) is 48.6 Å². The second-order valence-electron chi connectivity index (χ2n) is 5.64. The van der Waals surface area contributed by atoms with Crippen molar-refractivity contribution in [3.05, 3.63) is 46.7 Å². The van der Waals surface area contributed by atoms with Crippen LogP contribution < -0.4 is 9.62 Å². The summed E-state index contributed by atoms with van der Waals surface area (Å²) >= 11 is 1.55. The van der Waals surface area contributed by atoms with Crippen LogP contribution in [0, 0.1) is 0 Å².